The average Bonchev–Trinajstić information content (AvgIpc) is 3.12. The number of carboxylic acid groups (broad SMARTS) is 2. The van der Waals surface area contributed by atoms with Gasteiger partial charge in [0.25, 0.3) is 11.5 Å². The first-order valence-corrected chi connectivity index (χ1v) is 16.7. The van der Waals surface area contributed by atoms with Crippen LogP contribution in [0.1, 0.15) is 54.7 Å². The summed E-state index contributed by atoms with van der Waals surface area (Å²) >= 11 is 0. The number of alkyl halides is 6. The van der Waals surface area contributed by atoms with Gasteiger partial charge in [-0.2, -0.15) is 26.3 Å². The molecule has 58 heavy (non-hydrogen) atoms. The van der Waals surface area contributed by atoms with Crippen LogP contribution in [-0.2, 0) is 33.0 Å². The van der Waals surface area contributed by atoms with Crippen molar-refractivity contribution in [2.24, 2.45) is 5.73 Å². The number of hydrogen-bond acceptors (Lipinski definition) is 9. The minimum absolute atomic E-state index is 0.0434. The molecule has 0 bridgehead atoms. The van der Waals surface area contributed by atoms with Crippen molar-refractivity contribution in [3.63, 3.8) is 0 Å². The molecule has 0 radical (unpaired) electrons. The number of benzene rings is 3. The van der Waals surface area contributed by atoms with Gasteiger partial charge in [0.05, 0.1) is 17.4 Å². The molecule has 312 valence electrons. The molecule has 10 N–H and O–H groups in total. The van der Waals surface area contributed by atoms with Gasteiger partial charge in [-0.25, -0.2) is 14.6 Å². The lowest BCUT2D eigenvalue weighted by molar-refractivity contribution is -0.193. The monoisotopic (exact) mass is 822 g/mol. The smallest absolute Gasteiger partial charge is 0.475 e. The largest absolute Gasteiger partial charge is 0.490 e. The number of nitrogens with one attached hydrogen (secondary N) is 4. The number of rotatable bonds is 11. The first-order valence-electron chi connectivity index (χ1n) is 16.7. The molecular weight excluding hydrogens is 782 g/mol. The third-order valence-electron chi connectivity index (χ3n) is 7.46. The van der Waals surface area contributed by atoms with Gasteiger partial charge in [-0.15, -0.1) is 0 Å². The SMILES string of the molecule is CC(C)Nc1ncc(-c2cc(N)cc(C(=O)NC(C)(C)c3ccccc3)c2)n(CC(=O)NCc2ccc(C(=N)N)cc2)c1=O.O=C(O)C(F)(F)F.O=C(O)C(F)(F)F. The predicted molar refractivity (Wildman–Crippen MR) is 201 cm³/mol. The maximum atomic E-state index is 13.6. The normalized spacial score (nSPS) is 11.2. The van der Waals surface area contributed by atoms with E-state index in [2.05, 4.69) is 20.9 Å². The van der Waals surface area contributed by atoms with E-state index in [1.807, 2.05) is 58.0 Å². The van der Waals surface area contributed by atoms with E-state index >= 15 is 0 Å². The van der Waals surface area contributed by atoms with Crippen LogP contribution < -0.4 is 33.0 Å². The maximum absolute atomic E-state index is 13.6. The highest BCUT2D eigenvalue weighted by Gasteiger charge is 2.39. The fourth-order valence-corrected chi connectivity index (χ4v) is 4.66. The molecule has 1 heterocycles. The highest BCUT2D eigenvalue weighted by atomic mass is 19.4. The molecule has 0 unspecified atom stereocenters. The summed E-state index contributed by atoms with van der Waals surface area (Å²) in [5, 5.41) is 30.7. The minimum Gasteiger partial charge on any atom is -0.475 e. The van der Waals surface area contributed by atoms with Gasteiger partial charge in [-0.3, -0.25) is 24.4 Å². The van der Waals surface area contributed by atoms with Gasteiger partial charge < -0.3 is 37.6 Å². The zero-order valence-corrected chi connectivity index (χ0v) is 31.2. The van der Waals surface area contributed by atoms with Crippen LogP contribution in [0.25, 0.3) is 11.3 Å². The van der Waals surface area contributed by atoms with Gasteiger partial charge in [0.15, 0.2) is 5.82 Å². The summed E-state index contributed by atoms with van der Waals surface area (Å²) in [6.07, 6.45) is -8.68. The fourth-order valence-electron chi connectivity index (χ4n) is 4.66. The molecule has 15 nitrogen and oxygen atoms in total. The van der Waals surface area contributed by atoms with Crippen LogP contribution in [0.5, 0.6) is 0 Å². The topological polar surface area (TPSA) is 256 Å². The predicted octanol–water partition coefficient (Wildman–Crippen LogP) is 4.84. The molecular formula is C37H40F6N8O7. The summed E-state index contributed by atoms with van der Waals surface area (Å²) in [6, 6.07) is 21.3. The van der Waals surface area contributed by atoms with Crippen molar-refractivity contribution in [1.82, 2.24) is 20.2 Å². The van der Waals surface area contributed by atoms with E-state index in [0.717, 1.165) is 11.1 Å². The van der Waals surface area contributed by atoms with Crippen LogP contribution in [0.2, 0.25) is 0 Å². The molecule has 0 aliphatic rings. The number of aliphatic carboxylic acids is 2. The molecule has 3 aromatic carbocycles. The number of nitrogens with zero attached hydrogens (tertiary/aromatic N) is 2. The zero-order valence-electron chi connectivity index (χ0n) is 31.2. The van der Waals surface area contributed by atoms with Gasteiger partial charge >= 0.3 is 24.3 Å². The zero-order chi connectivity index (χ0) is 44.2. The Kier molecular flexibility index (Phi) is 16.1. The van der Waals surface area contributed by atoms with Crippen molar-refractivity contribution in [1.29, 1.82) is 5.41 Å². The van der Waals surface area contributed by atoms with E-state index in [1.165, 1.54) is 10.8 Å². The van der Waals surface area contributed by atoms with Gasteiger partial charge in [-0.1, -0.05) is 54.6 Å². The Hall–Kier alpha value is -6.93. The molecule has 21 heteroatoms. The Morgan fingerprint density at radius 1 is 0.862 bits per heavy atom. The Labute approximate surface area is 326 Å². The molecule has 0 aliphatic carbocycles. The van der Waals surface area contributed by atoms with Crippen LogP contribution in [0, 0.1) is 5.41 Å². The molecule has 0 saturated heterocycles. The number of nitrogen functional groups attached to an aromatic ring is 2. The lowest BCUT2D eigenvalue weighted by atomic mass is 9.93. The molecule has 0 spiro atoms. The van der Waals surface area contributed by atoms with Crippen molar-refractivity contribution < 1.29 is 55.7 Å². The van der Waals surface area contributed by atoms with E-state index in [1.54, 1.807) is 42.5 Å². The molecule has 2 amide bonds. The quantitative estimate of drug-likeness (QED) is 0.0439. The Morgan fingerprint density at radius 2 is 1.40 bits per heavy atom. The summed E-state index contributed by atoms with van der Waals surface area (Å²) in [5.41, 5.74) is 14.3. The summed E-state index contributed by atoms with van der Waals surface area (Å²) in [5.74, 6) is -6.21. The maximum Gasteiger partial charge on any atom is 0.490 e. The standard InChI is InChI=1S/C33H38N8O3.2C2HF3O2/c1-20(2)39-30-32(44)41(19-28(42)37-17-21-10-12-22(13-11-21)29(35)36)27(18-38-30)23-14-24(16-26(34)15-23)31(43)40-33(3,4)25-8-6-5-7-9-25;2*3-2(4,5)1(6)7/h5-16,18,20H,17,19,34H2,1-4H3,(H3,35,36)(H,37,42)(H,38,39)(H,40,43);2*(H,6,7). The molecule has 0 aliphatic heterocycles. The van der Waals surface area contributed by atoms with Crippen LogP contribution in [0.3, 0.4) is 0 Å². The third kappa shape index (κ3) is 14.6. The Morgan fingerprint density at radius 3 is 1.88 bits per heavy atom. The number of carboxylic acids is 2. The third-order valence-corrected chi connectivity index (χ3v) is 7.46. The first kappa shape index (κ1) is 47.2. The number of carbonyl (C=O) groups excluding carboxylic acids is 2. The summed E-state index contributed by atoms with van der Waals surface area (Å²) < 4.78 is 64.8. The lowest BCUT2D eigenvalue weighted by Gasteiger charge is -2.27. The first-order chi connectivity index (χ1) is 26.7. The number of carbonyl (C=O) groups is 4. The highest BCUT2D eigenvalue weighted by molar-refractivity contribution is 5.97. The molecule has 4 aromatic rings. The van der Waals surface area contributed by atoms with Crippen molar-refractivity contribution in [3.8, 4) is 11.3 Å². The number of amides is 2. The van der Waals surface area contributed by atoms with Crippen LogP contribution >= 0.6 is 0 Å². The molecule has 0 fully saturated rings. The second-order valence-electron chi connectivity index (χ2n) is 13.0. The second-order valence-corrected chi connectivity index (χ2v) is 13.0. The number of aromatic nitrogens is 2. The van der Waals surface area contributed by atoms with Crippen LogP contribution in [0.4, 0.5) is 37.8 Å². The van der Waals surface area contributed by atoms with E-state index in [4.69, 9.17) is 36.7 Å². The molecule has 1 aromatic heterocycles. The van der Waals surface area contributed by atoms with E-state index < -0.39 is 41.3 Å². The second kappa shape index (κ2) is 19.8. The van der Waals surface area contributed by atoms with Crippen molar-refractivity contribution in [3.05, 3.63) is 112 Å². The highest BCUT2D eigenvalue weighted by Crippen LogP contribution is 2.25. The minimum atomic E-state index is -5.08. The summed E-state index contributed by atoms with van der Waals surface area (Å²) in [7, 11) is 0. The number of nitrogens with two attached hydrogens (primary N) is 2. The van der Waals surface area contributed by atoms with E-state index in [-0.39, 0.29) is 36.7 Å². The van der Waals surface area contributed by atoms with Crippen molar-refractivity contribution >= 4 is 41.1 Å². The lowest BCUT2D eigenvalue weighted by Crippen LogP contribution is -2.41. The van der Waals surface area contributed by atoms with E-state index in [9.17, 15) is 40.7 Å². The Bertz CT molecular complexity index is 2130. The fraction of sp³-hybridized carbons (Fsp3) is 0.270. The number of halogens is 6. The average molecular weight is 823 g/mol. The van der Waals surface area contributed by atoms with Gasteiger partial charge in [0, 0.05) is 35.0 Å². The van der Waals surface area contributed by atoms with Crippen LogP contribution in [-0.4, -0.2) is 67.7 Å². The van der Waals surface area contributed by atoms with Crippen molar-refractivity contribution in [2.45, 2.75) is 64.7 Å². The number of amidine groups is 1. The molecule has 0 saturated carbocycles. The van der Waals surface area contributed by atoms with Gasteiger partial charge in [0.2, 0.25) is 5.91 Å². The van der Waals surface area contributed by atoms with Gasteiger partial charge in [0.1, 0.15) is 12.4 Å². The van der Waals surface area contributed by atoms with E-state index in [0.29, 0.717) is 28.1 Å². The Balaban J connectivity index is 0.000000707. The summed E-state index contributed by atoms with van der Waals surface area (Å²) in [6.45, 7) is 7.49. The number of anilines is 2. The molecule has 0 atom stereocenters. The van der Waals surface area contributed by atoms with Crippen molar-refractivity contribution in [2.75, 3.05) is 11.1 Å². The molecule has 4 rings (SSSR count). The van der Waals surface area contributed by atoms with Gasteiger partial charge in [-0.05, 0) is 57.0 Å². The summed E-state index contributed by atoms with van der Waals surface area (Å²) in [4.78, 5) is 62.2. The number of hydrogen-bond donors (Lipinski definition) is 8. The van der Waals surface area contributed by atoms with Crippen LogP contribution in [0.15, 0.2) is 83.8 Å².